The first kappa shape index (κ1) is 9.06. The SMILES string of the molecule is CC(I)Cc1ccc2occc2c1. The fourth-order valence-electron chi connectivity index (χ4n) is 1.47. The second-order valence-electron chi connectivity index (χ2n) is 3.28. The first-order chi connectivity index (χ1) is 6.25. The zero-order valence-corrected chi connectivity index (χ0v) is 9.61. The number of hydrogen-bond acceptors (Lipinski definition) is 1. The van der Waals surface area contributed by atoms with Crippen molar-refractivity contribution in [1.29, 1.82) is 0 Å². The summed E-state index contributed by atoms with van der Waals surface area (Å²) in [6.45, 7) is 2.22. The molecule has 0 spiro atoms. The number of hydrogen-bond donors (Lipinski definition) is 0. The number of halogens is 1. The lowest BCUT2D eigenvalue weighted by Gasteiger charge is -2.02. The monoisotopic (exact) mass is 286 g/mol. The summed E-state index contributed by atoms with van der Waals surface area (Å²) in [7, 11) is 0. The lowest BCUT2D eigenvalue weighted by atomic mass is 10.1. The molecule has 0 aliphatic heterocycles. The van der Waals surface area contributed by atoms with E-state index >= 15 is 0 Å². The van der Waals surface area contributed by atoms with Gasteiger partial charge in [0.25, 0.3) is 0 Å². The zero-order valence-electron chi connectivity index (χ0n) is 7.46. The van der Waals surface area contributed by atoms with Crippen LogP contribution in [0.4, 0.5) is 0 Å². The highest BCUT2D eigenvalue weighted by atomic mass is 127. The molecule has 1 aromatic carbocycles. The van der Waals surface area contributed by atoms with Crippen molar-refractivity contribution in [3.05, 3.63) is 36.1 Å². The molecule has 0 bridgehead atoms. The molecule has 0 fully saturated rings. The van der Waals surface area contributed by atoms with Gasteiger partial charge in [0.05, 0.1) is 6.26 Å². The number of furan rings is 1. The molecular formula is C11H11IO. The molecule has 1 nitrogen and oxygen atoms in total. The highest BCUT2D eigenvalue weighted by Crippen LogP contribution is 2.19. The maximum atomic E-state index is 5.28. The summed E-state index contributed by atoms with van der Waals surface area (Å²) in [5, 5.41) is 1.20. The zero-order chi connectivity index (χ0) is 9.26. The lowest BCUT2D eigenvalue weighted by molar-refractivity contribution is 0.616. The third kappa shape index (κ3) is 2.05. The lowest BCUT2D eigenvalue weighted by Crippen LogP contribution is -1.95. The van der Waals surface area contributed by atoms with Crippen LogP contribution in [-0.4, -0.2) is 3.92 Å². The van der Waals surface area contributed by atoms with E-state index in [1.807, 2.05) is 12.1 Å². The van der Waals surface area contributed by atoms with E-state index in [9.17, 15) is 0 Å². The van der Waals surface area contributed by atoms with Crippen LogP contribution in [0, 0.1) is 0 Å². The summed E-state index contributed by atoms with van der Waals surface area (Å²) in [6, 6.07) is 8.40. The third-order valence-electron chi connectivity index (χ3n) is 2.03. The summed E-state index contributed by atoms with van der Waals surface area (Å²) >= 11 is 2.44. The molecule has 2 rings (SSSR count). The van der Waals surface area contributed by atoms with Gasteiger partial charge in [-0.1, -0.05) is 35.6 Å². The molecule has 1 aromatic heterocycles. The van der Waals surface area contributed by atoms with E-state index in [1.165, 1.54) is 10.9 Å². The fraction of sp³-hybridized carbons (Fsp3) is 0.273. The Morgan fingerprint density at radius 2 is 2.23 bits per heavy atom. The van der Waals surface area contributed by atoms with Crippen LogP contribution in [0.3, 0.4) is 0 Å². The molecule has 0 saturated heterocycles. The van der Waals surface area contributed by atoms with E-state index in [1.54, 1.807) is 6.26 Å². The Morgan fingerprint density at radius 3 is 3.00 bits per heavy atom. The summed E-state index contributed by atoms with van der Waals surface area (Å²) in [4.78, 5) is 0. The van der Waals surface area contributed by atoms with Crippen LogP contribution in [0.25, 0.3) is 11.0 Å². The van der Waals surface area contributed by atoms with Gasteiger partial charge in [0.15, 0.2) is 0 Å². The largest absolute Gasteiger partial charge is 0.464 e. The normalized spacial score (nSPS) is 13.4. The van der Waals surface area contributed by atoms with Gasteiger partial charge < -0.3 is 4.42 Å². The van der Waals surface area contributed by atoms with Crippen LogP contribution in [0.5, 0.6) is 0 Å². The quantitative estimate of drug-likeness (QED) is 0.604. The number of rotatable bonds is 2. The molecule has 0 radical (unpaired) electrons. The molecule has 2 aromatic rings. The number of benzene rings is 1. The van der Waals surface area contributed by atoms with Crippen LogP contribution in [0.1, 0.15) is 12.5 Å². The maximum absolute atomic E-state index is 5.28. The second-order valence-corrected chi connectivity index (χ2v) is 5.40. The maximum Gasteiger partial charge on any atom is 0.133 e. The molecule has 0 saturated carbocycles. The van der Waals surface area contributed by atoms with Crippen molar-refractivity contribution in [2.45, 2.75) is 17.3 Å². The molecule has 0 amide bonds. The molecule has 1 atom stereocenters. The van der Waals surface area contributed by atoms with Gasteiger partial charge in [-0.25, -0.2) is 0 Å². The van der Waals surface area contributed by atoms with Crippen LogP contribution in [-0.2, 0) is 6.42 Å². The van der Waals surface area contributed by atoms with Crippen molar-refractivity contribution >= 4 is 33.6 Å². The first-order valence-corrected chi connectivity index (χ1v) is 5.60. The van der Waals surface area contributed by atoms with Crippen molar-refractivity contribution in [1.82, 2.24) is 0 Å². The highest BCUT2D eigenvalue weighted by molar-refractivity contribution is 14.1. The molecule has 1 heterocycles. The Morgan fingerprint density at radius 1 is 1.38 bits per heavy atom. The minimum atomic E-state index is 0.682. The number of fused-ring (bicyclic) bond motifs is 1. The van der Waals surface area contributed by atoms with Gasteiger partial charge in [-0.15, -0.1) is 0 Å². The molecule has 0 N–H and O–H groups in total. The average molecular weight is 286 g/mol. The first-order valence-electron chi connectivity index (χ1n) is 4.36. The van der Waals surface area contributed by atoms with E-state index < -0.39 is 0 Å². The van der Waals surface area contributed by atoms with Crippen LogP contribution >= 0.6 is 22.6 Å². The molecule has 0 aliphatic rings. The Labute approximate surface area is 91.3 Å². The smallest absolute Gasteiger partial charge is 0.133 e. The fourth-order valence-corrected chi connectivity index (χ4v) is 1.98. The topological polar surface area (TPSA) is 13.1 Å². The van der Waals surface area contributed by atoms with E-state index in [0.717, 1.165) is 12.0 Å². The molecule has 2 heteroatoms. The summed E-state index contributed by atoms with van der Waals surface area (Å²) < 4.78 is 5.96. The predicted octanol–water partition coefficient (Wildman–Crippen LogP) is 3.80. The van der Waals surface area contributed by atoms with Gasteiger partial charge in [0, 0.05) is 9.31 Å². The van der Waals surface area contributed by atoms with Crippen LogP contribution in [0.15, 0.2) is 34.9 Å². The van der Waals surface area contributed by atoms with Crippen molar-refractivity contribution in [2.24, 2.45) is 0 Å². The van der Waals surface area contributed by atoms with Crippen LogP contribution in [0.2, 0.25) is 0 Å². The van der Waals surface area contributed by atoms with E-state index in [2.05, 4.69) is 41.6 Å². The highest BCUT2D eigenvalue weighted by Gasteiger charge is 2.01. The van der Waals surface area contributed by atoms with Crippen molar-refractivity contribution in [3.63, 3.8) is 0 Å². The minimum absolute atomic E-state index is 0.682. The predicted molar refractivity (Wildman–Crippen MR) is 63.4 cm³/mol. The van der Waals surface area contributed by atoms with Crippen molar-refractivity contribution < 1.29 is 4.42 Å². The summed E-state index contributed by atoms with van der Waals surface area (Å²) in [5.74, 6) is 0. The van der Waals surface area contributed by atoms with E-state index in [-0.39, 0.29) is 0 Å². The van der Waals surface area contributed by atoms with Crippen molar-refractivity contribution in [3.8, 4) is 0 Å². The minimum Gasteiger partial charge on any atom is -0.464 e. The Kier molecular flexibility index (Phi) is 2.58. The van der Waals surface area contributed by atoms with E-state index in [0.29, 0.717) is 3.92 Å². The Hall–Kier alpha value is -0.510. The average Bonchev–Trinajstić information content (AvgIpc) is 2.49. The van der Waals surface area contributed by atoms with Crippen molar-refractivity contribution in [2.75, 3.05) is 0 Å². The Bertz CT molecular complexity index is 403. The molecule has 0 aliphatic carbocycles. The summed E-state index contributed by atoms with van der Waals surface area (Å²) in [5.41, 5.74) is 2.36. The third-order valence-corrected chi connectivity index (χ3v) is 2.47. The summed E-state index contributed by atoms with van der Waals surface area (Å²) in [6.07, 6.45) is 2.86. The second kappa shape index (κ2) is 3.70. The molecule has 1 unspecified atom stereocenters. The van der Waals surface area contributed by atoms with Crippen LogP contribution < -0.4 is 0 Å². The van der Waals surface area contributed by atoms with Gasteiger partial charge in [0.1, 0.15) is 5.58 Å². The standard InChI is InChI=1S/C11H11IO/c1-8(12)6-9-2-3-11-10(7-9)4-5-13-11/h2-5,7-8H,6H2,1H3. The molecule has 68 valence electrons. The number of alkyl halides is 1. The van der Waals surface area contributed by atoms with E-state index in [4.69, 9.17) is 4.42 Å². The van der Waals surface area contributed by atoms with Gasteiger partial charge >= 0.3 is 0 Å². The molecule has 13 heavy (non-hydrogen) atoms. The Balaban J connectivity index is 2.37. The van der Waals surface area contributed by atoms with Gasteiger partial charge in [-0.05, 0) is 30.2 Å². The van der Waals surface area contributed by atoms with Gasteiger partial charge in [-0.2, -0.15) is 0 Å². The van der Waals surface area contributed by atoms with Gasteiger partial charge in [-0.3, -0.25) is 0 Å². The van der Waals surface area contributed by atoms with Gasteiger partial charge in [0.2, 0.25) is 0 Å². The molecular weight excluding hydrogens is 275 g/mol.